The van der Waals surface area contributed by atoms with E-state index in [2.05, 4.69) is 185 Å². The van der Waals surface area contributed by atoms with Gasteiger partial charge in [-0.1, -0.05) is 147 Å². The van der Waals surface area contributed by atoms with Crippen molar-refractivity contribution in [3.8, 4) is 33.4 Å². The van der Waals surface area contributed by atoms with Gasteiger partial charge in [0.25, 0.3) is 0 Å². The molecule has 0 bridgehead atoms. The molecule has 1 aliphatic carbocycles. The summed E-state index contributed by atoms with van der Waals surface area (Å²) in [6, 6.07) is 53.7. The van der Waals surface area contributed by atoms with Crippen LogP contribution in [0, 0.1) is 0 Å². The summed E-state index contributed by atoms with van der Waals surface area (Å²) < 4.78 is 0. The maximum absolute atomic E-state index is 2.61. The zero-order valence-electron chi connectivity index (χ0n) is 27.3. The third kappa shape index (κ3) is 4.30. The molecule has 0 unspecified atom stereocenters. The topological polar surface area (TPSA) is 3.24 Å². The Balaban J connectivity index is 1.51. The van der Waals surface area contributed by atoms with Crippen molar-refractivity contribution in [2.24, 2.45) is 0 Å². The van der Waals surface area contributed by atoms with Gasteiger partial charge in [-0.2, -0.15) is 0 Å². The van der Waals surface area contributed by atoms with Crippen molar-refractivity contribution < 1.29 is 0 Å². The van der Waals surface area contributed by atoms with Crippen molar-refractivity contribution in [1.29, 1.82) is 0 Å². The van der Waals surface area contributed by atoms with E-state index in [1.165, 1.54) is 77.4 Å². The van der Waals surface area contributed by atoms with E-state index in [0.29, 0.717) is 0 Å². The van der Waals surface area contributed by atoms with Crippen LogP contribution in [0.5, 0.6) is 0 Å². The number of anilines is 2. The van der Waals surface area contributed by atoms with Gasteiger partial charge in [-0.25, -0.2) is 0 Å². The van der Waals surface area contributed by atoms with Crippen LogP contribution in [0.1, 0.15) is 45.7 Å². The lowest BCUT2D eigenvalue weighted by molar-refractivity contribution is 0.561. The minimum Gasteiger partial charge on any atom is -0.335 e. The fourth-order valence-corrected chi connectivity index (χ4v) is 7.91. The molecule has 0 N–H and O–H groups in total. The fourth-order valence-electron chi connectivity index (χ4n) is 7.91. The molecule has 0 saturated carbocycles. The summed E-state index contributed by atoms with van der Waals surface area (Å²) in [7, 11) is 0. The minimum atomic E-state index is -0.211. The first-order valence-electron chi connectivity index (χ1n) is 16.4. The Hall–Kier alpha value is -5.14. The van der Waals surface area contributed by atoms with E-state index >= 15 is 0 Å². The summed E-state index contributed by atoms with van der Waals surface area (Å²) in [6.07, 6.45) is 0. The van der Waals surface area contributed by atoms with Gasteiger partial charge in [0.2, 0.25) is 0 Å². The third-order valence-electron chi connectivity index (χ3n) is 9.89. The smallest absolute Gasteiger partial charge is 0.0502 e. The van der Waals surface area contributed by atoms with Crippen LogP contribution in [-0.2, 0) is 5.41 Å². The fraction of sp³-hybridized carbons (Fsp3) is 0.156. The van der Waals surface area contributed by atoms with Gasteiger partial charge in [-0.15, -0.1) is 0 Å². The van der Waals surface area contributed by atoms with Gasteiger partial charge in [0.1, 0.15) is 0 Å². The molecule has 0 amide bonds. The molecular weight excluding hydrogens is 555 g/mol. The van der Waals surface area contributed by atoms with E-state index in [9.17, 15) is 0 Å². The quantitative estimate of drug-likeness (QED) is 0.184. The lowest BCUT2D eigenvalue weighted by Gasteiger charge is -2.40. The van der Waals surface area contributed by atoms with Crippen LogP contribution >= 0.6 is 0 Å². The van der Waals surface area contributed by atoms with Crippen molar-refractivity contribution in [3.05, 3.63) is 157 Å². The molecule has 1 heteroatoms. The standard InChI is InChI=1S/C45H39N/c1-44(2,3)46(39-28-16-27-38-43(39)35-22-12-13-26-37(35)45(38,4)5)40-29-32-21-14-23-33(30-17-8-6-9-18-30)41(32)42-34(24-15-25-36(40)42)31-19-10-7-11-20-31/h6-29H,1-5H3. The van der Waals surface area contributed by atoms with Crippen molar-refractivity contribution in [3.63, 3.8) is 0 Å². The molecule has 1 aliphatic rings. The molecule has 0 aliphatic heterocycles. The molecule has 0 radical (unpaired) electrons. The van der Waals surface area contributed by atoms with Gasteiger partial charge in [-0.3, -0.25) is 0 Å². The van der Waals surface area contributed by atoms with Crippen molar-refractivity contribution in [1.82, 2.24) is 0 Å². The predicted molar refractivity (Wildman–Crippen MR) is 198 cm³/mol. The molecule has 46 heavy (non-hydrogen) atoms. The van der Waals surface area contributed by atoms with Gasteiger partial charge in [0.05, 0.1) is 5.69 Å². The van der Waals surface area contributed by atoms with Crippen LogP contribution < -0.4 is 4.90 Å². The highest BCUT2D eigenvalue weighted by Gasteiger charge is 2.39. The van der Waals surface area contributed by atoms with E-state index in [0.717, 1.165) is 0 Å². The number of nitrogens with zero attached hydrogens (tertiary/aromatic N) is 1. The van der Waals surface area contributed by atoms with Crippen LogP contribution in [0.4, 0.5) is 11.4 Å². The molecule has 1 nitrogen and oxygen atoms in total. The molecule has 7 aromatic carbocycles. The first-order valence-corrected chi connectivity index (χ1v) is 16.4. The van der Waals surface area contributed by atoms with Gasteiger partial charge in [0.15, 0.2) is 0 Å². The van der Waals surface area contributed by atoms with E-state index in [4.69, 9.17) is 0 Å². The summed E-state index contributed by atoms with van der Waals surface area (Å²) in [5, 5.41) is 5.10. The minimum absolute atomic E-state index is 0.0675. The summed E-state index contributed by atoms with van der Waals surface area (Å²) in [5.74, 6) is 0. The Morgan fingerprint density at radius 2 is 1.02 bits per heavy atom. The summed E-state index contributed by atoms with van der Waals surface area (Å²) >= 11 is 0. The molecule has 0 atom stereocenters. The second-order valence-electron chi connectivity index (χ2n) is 14.1. The van der Waals surface area contributed by atoms with E-state index in [1.54, 1.807) is 0 Å². The SMILES string of the molecule is CC1(C)c2ccccc2-c2c(N(c3cc4cccc(-c5ccccc5)c4c4c(-c5ccccc5)cccc34)C(C)(C)C)cccc21. The number of rotatable bonds is 4. The molecule has 224 valence electrons. The number of hydrogen-bond donors (Lipinski definition) is 0. The number of hydrogen-bond acceptors (Lipinski definition) is 1. The summed E-state index contributed by atoms with van der Waals surface area (Å²) in [6.45, 7) is 11.8. The molecule has 0 fully saturated rings. The maximum Gasteiger partial charge on any atom is 0.0502 e. The van der Waals surface area contributed by atoms with Gasteiger partial charge >= 0.3 is 0 Å². The highest BCUT2D eigenvalue weighted by atomic mass is 15.2. The summed E-state index contributed by atoms with van der Waals surface area (Å²) in [4.78, 5) is 2.61. The highest BCUT2D eigenvalue weighted by Crippen LogP contribution is 2.55. The Kier molecular flexibility index (Phi) is 6.44. The van der Waals surface area contributed by atoms with Gasteiger partial charge < -0.3 is 4.90 Å². The Morgan fingerprint density at radius 3 is 1.70 bits per heavy atom. The van der Waals surface area contributed by atoms with Crippen LogP contribution in [0.25, 0.3) is 54.9 Å². The van der Waals surface area contributed by atoms with Gasteiger partial charge in [-0.05, 0) is 82.6 Å². The largest absolute Gasteiger partial charge is 0.335 e. The summed E-state index contributed by atoms with van der Waals surface area (Å²) in [5.41, 5.74) is 12.7. The first kappa shape index (κ1) is 28.3. The van der Waals surface area contributed by atoms with Crippen molar-refractivity contribution in [2.45, 2.75) is 45.6 Å². The van der Waals surface area contributed by atoms with Gasteiger partial charge in [0, 0.05) is 33.0 Å². The Morgan fingerprint density at radius 1 is 0.478 bits per heavy atom. The number of benzene rings is 7. The second-order valence-corrected chi connectivity index (χ2v) is 14.1. The Bertz CT molecular complexity index is 2250. The van der Waals surface area contributed by atoms with E-state index < -0.39 is 0 Å². The average molecular weight is 594 g/mol. The lowest BCUT2D eigenvalue weighted by Crippen LogP contribution is -2.38. The number of fused-ring (bicyclic) bond motifs is 6. The molecule has 0 saturated heterocycles. The third-order valence-corrected chi connectivity index (χ3v) is 9.89. The highest BCUT2D eigenvalue weighted by molar-refractivity contribution is 6.23. The molecule has 0 spiro atoms. The zero-order chi connectivity index (χ0) is 31.6. The van der Waals surface area contributed by atoms with Crippen LogP contribution in [0.3, 0.4) is 0 Å². The Labute approximate surface area is 272 Å². The molecule has 0 aromatic heterocycles. The molecular formula is C45H39N. The zero-order valence-corrected chi connectivity index (χ0v) is 27.3. The van der Waals surface area contributed by atoms with Crippen LogP contribution in [0.2, 0.25) is 0 Å². The maximum atomic E-state index is 2.61. The van der Waals surface area contributed by atoms with Crippen molar-refractivity contribution >= 4 is 32.9 Å². The van der Waals surface area contributed by atoms with Crippen LogP contribution in [-0.4, -0.2) is 5.54 Å². The molecule has 7 aromatic rings. The monoisotopic (exact) mass is 593 g/mol. The predicted octanol–water partition coefficient (Wildman–Crippen LogP) is 12.6. The van der Waals surface area contributed by atoms with E-state index in [-0.39, 0.29) is 11.0 Å². The molecule has 0 heterocycles. The first-order chi connectivity index (χ1) is 22.2. The molecule has 8 rings (SSSR count). The van der Waals surface area contributed by atoms with Crippen molar-refractivity contribution in [2.75, 3.05) is 4.90 Å². The van der Waals surface area contributed by atoms with E-state index in [1.807, 2.05) is 0 Å². The lowest BCUT2D eigenvalue weighted by atomic mass is 9.82. The normalized spacial score (nSPS) is 13.5. The average Bonchev–Trinajstić information content (AvgIpc) is 3.31. The second kappa shape index (κ2) is 10.5. The van der Waals surface area contributed by atoms with Crippen LogP contribution in [0.15, 0.2) is 146 Å².